The molecule has 2 heterocycles. The van der Waals surface area contributed by atoms with Crippen molar-refractivity contribution < 1.29 is 4.74 Å². The first-order chi connectivity index (χ1) is 11.1. The summed E-state index contributed by atoms with van der Waals surface area (Å²) in [5.41, 5.74) is 0.0897. The molecular weight excluding hydrogens is 296 g/mol. The Labute approximate surface area is 133 Å². The van der Waals surface area contributed by atoms with Gasteiger partial charge in [-0.2, -0.15) is 4.98 Å². The number of anilines is 1. The fourth-order valence-electron chi connectivity index (χ4n) is 2.79. The number of nitrogens with zero attached hydrogens (tertiary/aromatic N) is 2. The van der Waals surface area contributed by atoms with Gasteiger partial charge >= 0.3 is 11.4 Å². The number of H-pyrrole nitrogens is 1. The van der Waals surface area contributed by atoms with E-state index in [1.54, 1.807) is 0 Å². The van der Waals surface area contributed by atoms with Crippen LogP contribution >= 0.6 is 0 Å². The molecule has 0 amide bonds. The van der Waals surface area contributed by atoms with Gasteiger partial charge in [0.1, 0.15) is 0 Å². The summed E-state index contributed by atoms with van der Waals surface area (Å²) in [4.78, 5) is 31.1. The molecule has 0 spiro atoms. The standard InChI is InChI=1S/C16H20N4O3/c1-11(12-5-3-2-4-6-12)17-14-18-15(21)20(16(22)19-14)13-7-9-23-10-8-13/h2-6,11,13H,7-10H2,1H3,(H2,17,18,19,21,22)/t11-/m0/s1. The number of ether oxygens (including phenoxy) is 1. The van der Waals surface area contributed by atoms with Crippen molar-refractivity contribution >= 4 is 5.95 Å². The zero-order chi connectivity index (χ0) is 16.2. The molecular formula is C16H20N4O3. The van der Waals surface area contributed by atoms with Crippen molar-refractivity contribution in [1.82, 2.24) is 14.5 Å². The number of aromatic nitrogens is 3. The third kappa shape index (κ3) is 3.50. The second-order valence-electron chi connectivity index (χ2n) is 5.66. The van der Waals surface area contributed by atoms with Crippen LogP contribution in [0, 0.1) is 0 Å². The minimum absolute atomic E-state index is 0.0716. The topological polar surface area (TPSA) is 89.0 Å². The summed E-state index contributed by atoms with van der Waals surface area (Å²) in [7, 11) is 0. The Kier molecular flexibility index (Phi) is 4.57. The average molecular weight is 316 g/mol. The van der Waals surface area contributed by atoms with Crippen LogP contribution in [0.3, 0.4) is 0 Å². The van der Waals surface area contributed by atoms with Crippen molar-refractivity contribution in [1.29, 1.82) is 0 Å². The van der Waals surface area contributed by atoms with Crippen molar-refractivity contribution in [2.24, 2.45) is 0 Å². The Bertz CT molecular complexity index is 732. The smallest absolute Gasteiger partial charge is 0.355 e. The van der Waals surface area contributed by atoms with Crippen molar-refractivity contribution in [2.75, 3.05) is 18.5 Å². The van der Waals surface area contributed by atoms with Crippen molar-refractivity contribution in [3.8, 4) is 0 Å². The molecule has 1 saturated heterocycles. The second-order valence-corrected chi connectivity index (χ2v) is 5.66. The molecule has 122 valence electrons. The summed E-state index contributed by atoms with van der Waals surface area (Å²) in [6.45, 7) is 3.06. The number of hydrogen-bond acceptors (Lipinski definition) is 5. The van der Waals surface area contributed by atoms with Crippen LogP contribution in [0.2, 0.25) is 0 Å². The highest BCUT2D eigenvalue weighted by Gasteiger charge is 2.20. The summed E-state index contributed by atoms with van der Waals surface area (Å²) in [6, 6.07) is 9.54. The maximum absolute atomic E-state index is 12.3. The molecule has 2 aromatic rings. The first-order valence-corrected chi connectivity index (χ1v) is 7.77. The molecule has 23 heavy (non-hydrogen) atoms. The van der Waals surface area contributed by atoms with Gasteiger partial charge in [0.15, 0.2) is 0 Å². The van der Waals surface area contributed by atoms with E-state index in [9.17, 15) is 9.59 Å². The molecule has 0 bridgehead atoms. The predicted octanol–water partition coefficient (Wildman–Crippen LogP) is 1.46. The number of hydrogen-bond donors (Lipinski definition) is 2. The Balaban J connectivity index is 1.82. The van der Waals surface area contributed by atoms with E-state index in [-0.39, 0.29) is 18.0 Å². The molecule has 7 nitrogen and oxygen atoms in total. The molecule has 1 atom stereocenters. The predicted molar refractivity (Wildman–Crippen MR) is 86.7 cm³/mol. The minimum atomic E-state index is -0.525. The fraction of sp³-hybridized carbons (Fsp3) is 0.438. The van der Waals surface area contributed by atoms with Crippen LogP contribution in [0.5, 0.6) is 0 Å². The molecule has 7 heteroatoms. The Morgan fingerprint density at radius 1 is 1.26 bits per heavy atom. The van der Waals surface area contributed by atoms with Gasteiger partial charge in [-0.1, -0.05) is 30.3 Å². The van der Waals surface area contributed by atoms with Gasteiger partial charge in [-0.3, -0.25) is 4.98 Å². The Morgan fingerprint density at radius 3 is 2.61 bits per heavy atom. The van der Waals surface area contributed by atoms with E-state index in [1.165, 1.54) is 4.57 Å². The van der Waals surface area contributed by atoms with Crippen LogP contribution in [0.4, 0.5) is 5.95 Å². The van der Waals surface area contributed by atoms with Gasteiger partial charge < -0.3 is 10.1 Å². The Hall–Kier alpha value is -2.41. The van der Waals surface area contributed by atoms with Crippen LogP contribution in [-0.4, -0.2) is 27.7 Å². The SMILES string of the molecule is C[C@H](Nc1nc(=O)n(C2CCOCC2)c(=O)[nH]1)c1ccccc1. The summed E-state index contributed by atoms with van der Waals surface area (Å²) in [6.07, 6.45) is 1.30. The highest BCUT2D eigenvalue weighted by Crippen LogP contribution is 2.18. The molecule has 0 unspecified atom stereocenters. The highest BCUT2D eigenvalue weighted by atomic mass is 16.5. The van der Waals surface area contributed by atoms with E-state index in [0.717, 1.165) is 5.56 Å². The molecule has 2 N–H and O–H groups in total. The zero-order valence-corrected chi connectivity index (χ0v) is 13.0. The van der Waals surface area contributed by atoms with E-state index in [0.29, 0.717) is 26.1 Å². The normalized spacial score (nSPS) is 16.9. The van der Waals surface area contributed by atoms with Crippen molar-refractivity contribution in [3.63, 3.8) is 0 Å². The number of rotatable bonds is 4. The van der Waals surface area contributed by atoms with Crippen LogP contribution in [0.1, 0.15) is 37.4 Å². The third-order valence-electron chi connectivity index (χ3n) is 4.07. The van der Waals surface area contributed by atoms with E-state index in [4.69, 9.17) is 4.74 Å². The lowest BCUT2D eigenvalue weighted by atomic mass is 10.1. The van der Waals surface area contributed by atoms with Crippen LogP contribution < -0.4 is 16.7 Å². The Morgan fingerprint density at radius 2 is 1.96 bits per heavy atom. The summed E-state index contributed by atoms with van der Waals surface area (Å²) in [5.74, 6) is 0.194. The van der Waals surface area contributed by atoms with Crippen molar-refractivity contribution in [2.45, 2.75) is 31.8 Å². The first kappa shape index (κ1) is 15.5. The van der Waals surface area contributed by atoms with E-state index in [1.807, 2.05) is 37.3 Å². The van der Waals surface area contributed by atoms with Gasteiger partial charge in [-0.05, 0) is 25.3 Å². The number of nitrogens with one attached hydrogen (secondary N) is 2. The molecule has 3 rings (SSSR count). The largest absolute Gasteiger partial charge is 0.381 e. The van der Waals surface area contributed by atoms with Gasteiger partial charge in [0.2, 0.25) is 5.95 Å². The lowest BCUT2D eigenvalue weighted by Gasteiger charge is -2.23. The molecule has 1 aromatic heterocycles. The third-order valence-corrected chi connectivity index (χ3v) is 4.07. The molecule has 1 aliphatic heterocycles. The average Bonchev–Trinajstić information content (AvgIpc) is 2.56. The first-order valence-electron chi connectivity index (χ1n) is 7.77. The number of aromatic amines is 1. The monoisotopic (exact) mass is 316 g/mol. The minimum Gasteiger partial charge on any atom is -0.381 e. The molecule has 0 saturated carbocycles. The van der Waals surface area contributed by atoms with Crippen molar-refractivity contribution in [3.05, 3.63) is 56.9 Å². The second kappa shape index (κ2) is 6.78. The molecule has 1 aromatic carbocycles. The van der Waals surface area contributed by atoms with E-state index in [2.05, 4.69) is 15.3 Å². The summed E-state index contributed by atoms with van der Waals surface area (Å²) in [5, 5.41) is 3.07. The molecule has 0 aliphatic carbocycles. The van der Waals surface area contributed by atoms with Crippen LogP contribution in [-0.2, 0) is 4.74 Å². The quantitative estimate of drug-likeness (QED) is 0.891. The fourth-order valence-corrected chi connectivity index (χ4v) is 2.79. The van der Waals surface area contributed by atoms with Gasteiger partial charge in [0.25, 0.3) is 0 Å². The summed E-state index contributed by atoms with van der Waals surface area (Å²) < 4.78 is 6.46. The zero-order valence-electron chi connectivity index (χ0n) is 13.0. The van der Waals surface area contributed by atoms with Gasteiger partial charge in [0, 0.05) is 19.3 Å². The maximum Gasteiger partial charge on any atom is 0.355 e. The van der Waals surface area contributed by atoms with Crippen LogP contribution in [0.25, 0.3) is 0 Å². The van der Waals surface area contributed by atoms with Gasteiger partial charge in [0.05, 0.1) is 6.04 Å². The lowest BCUT2D eigenvalue weighted by molar-refractivity contribution is 0.0670. The maximum atomic E-state index is 12.3. The molecule has 0 radical (unpaired) electrons. The van der Waals surface area contributed by atoms with Gasteiger partial charge in [-0.15, -0.1) is 0 Å². The molecule has 1 fully saturated rings. The van der Waals surface area contributed by atoms with E-state index < -0.39 is 11.4 Å². The highest BCUT2D eigenvalue weighted by molar-refractivity contribution is 5.30. The van der Waals surface area contributed by atoms with Crippen LogP contribution in [0.15, 0.2) is 39.9 Å². The van der Waals surface area contributed by atoms with E-state index >= 15 is 0 Å². The van der Waals surface area contributed by atoms with Gasteiger partial charge in [-0.25, -0.2) is 14.2 Å². The summed E-state index contributed by atoms with van der Waals surface area (Å²) >= 11 is 0. The molecule has 1 aliphatic rings. The number of benzene rings is 1. The lowest BCUT2D eigenvalue weighted by Crippen LogP contribution is -2.42.